The maximum absolute atomic E-state index is 12.3. The molecule has 110 valence electrons. The number of likely N-dealkylation sites (N-methyl/N-ethyl adjacent to an activating group) is 1. The van der Waals surface area contributed by atoms with E-state index in [1.807, 2.05) is 18.8 Å². The lowest BCUT2D eigenvalue weighted by molar-refractivity contribution is -0.132. The molecule has 0 saturated carbocycles. The fraction of sp³-hybridized carbons (Fsp3) is 0.571. The van der Waals surface area contributed by atoms with Crippen LogP contribution in [0.4, 0.5) is 0 Å². The van der Waals surface area contributed by atoms with Gasteiger partial charge < -0.3 is 14.2 Å². The molecule has 1 fully saturated rings. The van der Waals surface area contributed by atoms with Gasteiger partial charge in [-0.2, -0.15) is 11.8 Å². The number of hydrogen-bond acceptors (Lipinski definition) is 4. The molecule has 1 saturated heterocycles. The van der Waals surface area contributed by atoms with E-state index in [1.165, 1.54) is 11.7 Å². The number of aromatic nitrogens is 1. The number of pyridine rings is 1. The largest absolute Gasteiger partial charge is 0.491 e. The first-order valence-corrected chi connectivity index (χ1v) is 7.86. The molecule has 20 heavy (non-hydrogen) atoms. The van der Waals surface area contributed by atoms with Crippen molar-refractivity contribution in [2.24, 2.45) is 0 Å². The van der Waals surface area contributed by atoms with Crippen molar-refractivity contribution in [3.05, 3.63) is 28.7 Å². The van der Waals surface area contributed by atoms with Gasteiger partial charge in [0.05, 0.1) is 7.11 Å². The number of thioether (sulfide) groups is 1. The molecule has 1 aromatic rings. The van der Waals surface area contributed by atoms with Gasteiger partial charge in [0.25, 0.3) is 5.56 Å². The van der Waals surface area contributed by atoms with Gasteiger partial charge in [-0.1, -0.05) is 0 Å². The highest BCUT2D eigenvalue weighted by molar-refractivity contribution is 7.99. The second kappa shape index (κ2) is 6.83. The third kappa shape index (κ3) is 3.36. The summed E-state index contributed by atoms with van der Waals surface area (Å²) in [5.74, 6) is 2.43. The molecule has 2 heterocycles. The van der Waals surface area contributed by atoms with Gasteiger partial charge in [-0.3, -0.25) is 9.59 Å². The van der Waals surface area contributed by atoms with Crippen LogP contribution in [0.3, 0.4) is 0 Å². The van der Waals surface area contributed by atoms with Crippen LogP contribution in [-0.4, -0.2) is 47.1 Å². The summed E-state index contributed by atoms with van der Waals surface area (Å²) in [6, 6.07) is 3.61. The molecule has 0 atom stereocenters. The van der Waals surface area contributed by atoms with Crippen LogP contribution in [-0.2, 0) is 11.3 Å². The molecule has 0 radical (unpaired) electrons. The molecule has 1 amide bonds. The van der Waals surface area contributed by atoms with Crippen molar-refractivity contribution in [2.45, 2.75) is 25.4 Å². The Morgan fingerprint density at radius 1 is 1.50 bits per heavy atom. The highest BCUT2D eigenvalue weighted by atomic mass is 32.2. The quantitative estimate of drug-likeness (QED) is 0.838. The summed E-state index contributed by atoms with van der Waals surface area (Å²) >= 11 is 1.93. The third-order valence-electron chi connectivity index (χ3n) is 3.64. The molecule has 0 aromatic carbocycles. The Kier molecular flexibility index (Phi) is 5.11. The number of methoxy groups -OCH3 is 1. The van der Waals surface area contributed by atoms with E-state index >= 15 is 0 Å². The van der Waals surface area contributed by atoms with Gasteiger partial charge in [-0.05, 0) is 36.5 Å². The van der Waals surface area contributed by atoms with E-state index in [1.54, 1.807) is 23.2 Å². The number of ether oxygens (including phenoxy) is 1. The van der Waals surface area contributed by atoms with Gasteiger partial charge in [-0.25, -0.2) is 0 Å². The lowest BCUT2D eigenvalue weighted by Gasteiger charge is -2.31. The van der Waals surface area contributed by atoms with E-state index < -0.39 is 0 Å². The minimum Gasteiger partial charge on any atom is -0.491 e. The normalized spacial score (nSPS) is 15.9. The molecule has 1 aromatic heterocycles. The number of hydrogen-bond donors (Lipinski definition) is 0. The summed E-state index contributed by atoms with van der Waals surface area (Å²) in [4.78, 5) is 26.1. The summed E-state index contributed by atoms with van der Waals surface area (Å²) in [7, 11) is 3.28. The second-order valence-corrected chi connectivity index (χ2v) is 6.08. The minimum atomic E-state index is -0.268. The van der Waals surface area contributed by atoms with Crippen LogP contribution in [0.2, 0.25) is 0 Å². The summed E-state index contributed by atoms with van der Waals surface area (Å²) in [6.45, 7) is 0.0657. The van der Waals surface area contributed by atoms with Crippen molar-refractivity contribution in [1.82, 2.24) is 9.47 Å². The Labute approximate surface area is 122 Å². The molecule has 0 N–H and O–H groups in total. The van der Waals surface area contributed by atoms with Crippen molar-refractivity contribution in [3.63, 3.8) is 0 Å². The van der Waals surface area contributed by atoms with Gasteiger partial charge >= 0.3 is 0 Å². The zero-order valence-corrected chi connectivity index (χ0v) is 12.7. The fourth-order valence-corrected chi connectivity index (χ4v) is 3.41. The predicted octanol–water partition coefficient (Wildman–Crippen LogP) is 1.21. The minimum absolute atomic E-state index is 0.0303. The van der Waals surface area contributed by atoms with Gasteiger partial charge in [0.15, 0.2) is 5.75 Å². The lowest BCUT2D eigenvalue weighted by Crippen LogP contribution is -2.42. The number of nitrogens with zero attached hydrogens (tertiary/aromatic N) is 2. The van der Waals surface area contributed by atoms with E-state index in [9.17, 15) is 9.59 Å². The first-order chi connectivity index (χ1) is 9.63. The van der Waals surface area contributed by atoms with E-state index in [4.69, 9.17) is 4.74 Å². The van der Waals surface area contributed by atoms with Crippen LogP contribution >= 0.6 is 11.8 Å². The molecule has 0 aliphatic carbocycles. The molecular weight excluding hydrogens is 276 g/mol. The maximum Gasteiger partial charge on any atom is 0.293 e. The van der Waals surface area contributed by atoms with Crippen LogP contribution in [0, 0.1) is 0 Å². The average Bonchev–Trinajstić information content (AvgIpc) is 2.49. The zero-order chi connectivity index (χ0) is 14.5. The molecule has 2 rings (SSSR count). The first kappa shape index (κ1) is 15.0. The Bertz CT molecular complexity index is 523. The van der Waals surface area contributed by atoms with Crippen LogP contribution in [0.5, 0.6) is 5.75 Å². The van der Waals surface area contributed by atoms with E-state index in [0.29, 0.717) is 6.04 Å². The molecular formula is C14H20N2O3S. The molecule has 0 spiro atoms. The first-order valence-electron chi connectivity index (χ1n) is 6.70. The summed E-state index contributed by atoms with van der Waals surface area (Å²) in [6.07, 6.45) is 3.67. The van der Waals surface area contributed by atoms with Crippen molar-refractivity contribution in [2.75, 3.05) is 25.7 Å². The van der Waals surface area contributed by atoms with Crippen LogP contribution in [0.25, 0.3) is 0 Å². The van der Waals surface area contributed by atoms with Crippen molar-refractivity contribution in [3.8, 4) is 5.75 Å². The summed E-state index contributed by atoms with van der Waals surface area (Å²) < 4.78 is 6.38. The Morgan fingerprint density at radius 2 is 2.20 bits per heavy atom. The molecule has 1 aliphatic heterocycles. The van der Waals surface area contributed by atoms with Gasteiger partial charge in [0, 0.05) is 19.3 Å². The smallest absolute Gasteiger partial charge is 0.293 e. The highest BCUT2D eigenvalue weighted by Crippen LogP contribution is 2.21. The monoisotopic (exact) mass is 296 g/mol. The standard InChI is InChI=1S/C14H20N2O3S/c1-15(11-5-8-20-9-6-11)13(17)10-16-7-3-4-12(19-2)14(16)18/h3-4,7,11H,5-6,8-10H2,1-2H3. The number of amides is 1. The highest BCUT2D eigenvalue weighted by Gasteiger charge is 2.22. The molecule has 0 unspecified atom stereocenters. The maximum atomic E-state index is 12.3. The van der Waals surface area contributed by atoms with Crippen molar-refractivity contribution < 1.29 is 9.53 Å². The number of rotatable bonds is 4. The predicted molar refractivity (Wildman–Crippen MR) is 80.4 cm³/mol. The third-order valence-corrected chi connectivity index (χ3v) is 4.69. The Balaban J connectivity index is 2.05. The van der Waals surface area contributed by atoms with Gasteiger partial charge in [-0.15, -0.1) is 0 Å². The van der Waals surface area contributed by atoms with Crippen LogP contribution in [0.15, 0.2) is 23.1 Å². The Hall–Kier alpha value is -1.43. The molecule has 5 nitrogen and oxygen atoms in total. The molecule has 0 bridgehead atoms. The number of carbonyl (C=O) groups excluding carboxylic acids is 1. The molecule has 1 aliphatic rings. The summed E-state index contributed by atoms with van der Waals surface area (Å²) in [5, 5.41) is 0. The van der Waals surface area contributed by atoms with Gasteiger partial charge in [0.1, 0.15) is 6.54 Å². The number of carbonyl (C=O) groups is 1. The fourth-order valence-electron chi connectivity index (χ4n) is 2.33. The zero-order valence-electron chi connectivity index (χ0n) is 11.9. The van der Waals surface area contributed by atoms with Crippen molar-refractivity contribution >= 4 is 17.7 Å². The Morgan fingerprint density at radius 3 is 2.85 bits per heavy atom. The second-order valence-electron chi connectivity index (χ2n) is 4.86. The topological polar surface area (TPSA) is 51.5 Å². The lowest BCUT2D eigenvalue weighted by atomic mass is 10.1. The summed E-state index contributed by atoms with van der Waals surface area (Å²) in [5.41, 5.74) is -0.268. The van der Waals surface area contributed by atoms with E-state index in [-0.39, 0.29) is 23.8 Å². The molecule has 6 heteroatoms. The van der Waals surface area contributed by atoms with Gasteiger partial charge in [0.2, 0.25) is 5.91 Å². The SMILES string of the molecule is COc1cccn(CC(=O)N(C)C2CCSCC2)c1=O. The van der Waals surface area contributed by atoms with Crippen molar-refractivity contribution in [1.29, 1.82) is 0 Å². The van der Waals surface area contributed by atoms with E-state index in [0.717, 1.165) is 24.3 Å². The van der Waals surface area contributed by atoms with E-state index in [2.05, 4.69) is 0 Å². The van der Waals surface area contributed by atoms with Crippen LogP contribution in [0.1, 0.15) is 12.8 Å². The van der Waals surface area contributed by atoms with Crippen LogP contribution < -0.4 is 10.3 Å². The average molecular weight is 296 g/mol.